The molecule has 0 atom stereocenters. The van der Waals surface area contributed by atoms with Gasteiger partial charge in [-0.15, -0.1) is 0 Å². The maximum atomic E-state index is 5.93. The second kappa shape index (κ2) is 5.23. The first-order chi connectivity index (χ1) is 9.22. The average Bonchev–Trinajstić information content (AvgIpc) is 2.90. The monoisotopic (exact) mass is 276 g/mol. The van der Waals surface area contributed by atoms with Gasteiger partial charge in [-0.2, -0.15) is 5.10 Å². The molecule has 2 heterocycles. The summed E-state index contributed by atoms with van der Waals surface area (Å²) in [5, 5.41) is 5.15. The first-order valence-electron chi connectivity index (χ1n) is 6.53. The van der Waals surface area contributed by atoms with Crippen molar-refractivity contribution in [2.45, 2.75) is 18.9 Å². The molecule has 1 saturated heterocycles. The van der Waals surface area contributed by atoms with E-state index in [-0.39, 0.29) is 0 Å². The van der Waals surface area contributed by atoms with E-state index in [1.54, 1.807) is 0 Å². The van der Waals surface area contributed by atoms with Crippen molar-refractivity contribution >= 4 is 17.3 Å². The number of halogens is 1. The zero-order chi connectivity index (χ0) is 13.2. The first kappa shape index (κ1) is 12.5. The fourth-order valence-corrected chi connectivity index (χ4v) is 2.50. The van der Waals surface area contributed by atoms with Crippen LogP contribution in [0.15, 0.2) is 36.7 Å². The van der Waals surface area contributed by atoms with Crippen molar-refractivity contribution in [3.63, 3.8) is 0 Å². The molecule has 0 amide bonds. The van der Waals surface area contributed by atoms with Gasteiger partial charge in [-0.1, -0.05) is 11.6 Å². The second-order valence-electron chi connectivity index (χ2n) is 4.94. The Balaban J connectivity index is 1.77. The number of hydrogen-bond donors (Lipinski definition) is 1. The zero-order valence-electron chi connectivity index (χ0n) is 10.7. The smallest absolute Gasteiger partial charge is 0.0757 e. The van der Waals surface area contributed by atoms with Crippen LogP contribution in [0.3, 0.4) is 0 Å². The summed E-state index contributed by atoms with van der Waals surface area (Å²) < 4.78 is 1.88. The van der Waals surface area contributed by atoms with Crippen LogP contribution in [0, 0.1) is 0 Å². The zero-order valence-corrected chi connectivity index (χ0v) is 11.4. The highest BCUT2D eigenvalue weighted by atomic mass is 35.5. The van der Waals surface area contributed by atoms with Crippen molar-refractivity contribution in [1.82, 2.24) is 9.78 Å². The highest BCUT2D eigenvalue weighted by Crippen LogP contribution is 2.21. The molecule has 1 aliphatic rings. The second-order valence-corrected chi connectivity index (χ2v) is 5.38. The van der Waals surface area contributed by atoms with Crippen LogP contribution in [0.5, 0.6) is 0 Å². The third kappa shape index (κ3) is 2.74. The Bertz CT molecular complexity index is 541. The number of nitrogens with two attached hydrogens (primary N) is 1. The molecular formula is C14H17ClN4. The topological polar surface area (TPSA) is 47.1 Å². The summed E-state index contributed by atoms with van der Waals surface area (Å²) in [6.07, 6.45) is 6.06. The summed E-state index contributed by atoms with van der Waals surface area (Å²) in [5.74, 6) is 0. The molecule has 0 unspecified atom stereocenters. The van der Waals surface area contributed by atoms with Gasteiger partial charge in [0.2, 0.25) is 0 Å². The van der Waals surface area contributed by atoms with E-state index < -0.39 is 0 Å². The molecular weight excluding hydrogens is 260 g/mol. The number of hydrogen-bond acceptors (Lipinski definition) is 3. The van der Waals surface area contributed by atoms with E-state index in [9.17, 15) is 0 Å². The van der Waals surface area contributed by atoms with Crippen molar-refractivity contribution in [1.29, 1.82) is 0 Å². The van der Waals surface area contributed by atoms with Crippen molar-refractivity contribution in [2.75, 3.05) is 18.0 Å². The molecule has 2 N–H and O–H groups in total. The molecule has 0 spiro atoms. The Morgan fingerprint density at radius 2 is 1.79 bits per heavy atom. The molecule has 0 radical (unpaired) electrons. The average molecular weight is 277 g/mol. The van der Waals surface area contributed by atoms with Crippen LogP contribution in [0.25, 0.3) is 5.69 Å². The van der Waals surface area contributed by atoms with Crippen molar-refractivity contribution in [3.8, 4) is 5.69 Å². The summed E-state index contributed by atoms with van der Waals surface area (Å²) >= 11 is 5.89. The fourth-order valence-electron chi connectivity index (χ4n) is 2.37. The van der Waals surface area contributed by atoms with Crippen LogP contribution >= 0.6 is 11.6 Å². The molecule has 1 aromatic carbocycles. The molecule has 19 heavy (non-hydrogen) atoms. The summed E-state index contributed by atoms with van der Waals surface area (Å²) in [6.45, 7) is 2.01. The minimum atomic E-state index is 0.350. The molecule has 0 aliphatic carbocycles. The predicted molar refractivity (Wildman–Crippen MR) is 78.0 cm³/mol. The Hall–Kier alpha value is -1.52. The predicted octanol–water partition coefficient (Wildman–Crippen LogP) is 2.45. The number of nitrogens with zero attached hydrogens (tertiary/aromatic N) is 3. The number of rotatable bonds is 2. The Labute approximate surface area is 117 Å². The molecule has 5 heteroatoms. The molecule has 4 nitrogen and oxygen atoms in total. The summed E-state index contributed by atoms with van der Waals surface area (Å²) in [7, 11) is 0. The Morgan fingerprint density at radius 1 is 1.11 bits per heavy atom. The van der Waals surface area contributed by atoms with Crippen LogP contribution < -0.4 is 10.6 Å². The molecule has 100 valence electrons. The van der Waals surface area contributed by atoms with Gasteiger partial charge in [0.15, 0.2) is 0 Å². The lowest BCUT2D eigenvalue weighted by molar-refractivity contribution is 0.501. The Kier molecular flexibility index (Phi) is 3.44. The van der Waals surface area contributed by atoms with Crippen molar-refractivity contribution < 1.29 is 0 Å². The summed E-state index contributed by atoms with van der Waals surface area (Å²) in [5.41, 5.74) is 8.10. The van der Waals surface area contributed by atoms with E-state index in [4.69, 9.17) is 17.3 Å². The highest BCUT2D eigenvalue weighted by molar-refractivity contribution is 6.30. The lowest BCUT2D eigenvalue weighted by Crippen LogP contribution is -2.39. The van der Waals surface area contributed by atoms with E-state index in [2.05, 4.69) is 16.2 Å². The normalized spacial score (nSPS) is 16.8. The standard InChI is InChI=1S/C14H17ClN4/c15-11-1-3-13(4-2-11)19-10-14(9-17-19)18-7-5-12(16)6-8-18/h1-4,9-10,12H,5-8,16H2. The van der Waals surface area contributed by atoms with Gasteiger partial charge in [-0.05, 0) is 37.1 Å². The molecule has 3 rings (SSSR count). The molecule has 0 saturated carbocycles. The number of benzene rings is 1. The van der Waals surface area contributed by atoms with E-state index in [0.29, 0.717) is 6.04 Å². The lowest BCUT2D eigenvalue weighted by Gasteiger charge is -2.30. The number of aromatic nitrogens is 2. The van der Waals surface area contributed by atoms with Gasteiger partial charge in [-0.25, -0.2) is 4.68 Å². The number of piperidine rings is 1. The highest BCUT2D eigenvalue weighted by Gasteiger charge is 2.17. The third-order valence-electron chi connectivity index (χ3n) is 3.56. The van der Waals surface area contributed by atoms with Gasteiger partial charge in [0.25, 0.3) is 0 Å². The molecule has 0 bridgehead atoms. The lowest BCUT2D eigenvalue weighted by atomic mass is 10.1. The van der Waals surface area contributed by atoms with Crippen molar-refractivity contribution in [2.24, 2.45) is 5.73 Å². The van der Waals surface area contributed by atoms with Crippen LogP contribution in [0.1, 0.15) is 12.8 Å². The third-order valence-corrected chi connectivity index (χ3v) is 3.82. The number of anilines is 1. The van der Waals surface area contributed by atoms with E-state index in [1.165, 1.54) is 0 Å². The van der Waals surface area contributed by atoms with Gasteiger partial charge in [-0.3, -0.25) is 0 Å². The molecule has 1 aromatic heterocycles. The fraction of sp³-hybridized carbons (Fsp3) is 0.357. The van der Waals surface area contributed by atoms with E-state index in [1.807, 2.05) is 35.1 Å². The van der Waals surface area contributed by atoms with Crippen LogP contribution in [0.4, 0.5) is 5.69 Å². The van der Waals surface area contributed by atoms with Crippen LogP contribution in [0.2, 0.25) is 5.02 Å². The van der Waals surface area contributed by atoms with Crippen molar-refractivity contribution in [3.05, 3.63) is 41.7 Å². The van der Waals surface area contributed by atoms with Crippen LogP contribution in [-0.2, 0) is 0 Å². The molecule has 1 aliphatic heterocycles. The first-order valence-corrected chi connectivity index (χ1v) is 6.91. The minimum absolute atomic E-state index is 0.350. The molecule has 2 aromatic rings. The SMILES string of the molecule is NC1CCN(c2cnn(-c3ccc(Cl)cc3)c2)CC1. The van der Waals surface area contributed by atoms with Gasteiger partial charge in [0, 0.05) is 24.2 Å². The maximum Gasteiger partial charge on any atom is 0.0757 e. The van der Waals surface area contributed by atoms with E-state index in [0.717, 1.165) is 42.3 Å². The van der Waals surface area contributed by atoms with Gasteiger partial charge < -0.3 is 10.6 Å². The molecule has 1 fully saturated rings. The summed E-state index contributed by atoms with van der Waals surface area (Å²) in [6, 6.07) is 8.02. The maximum absolute atomic E-state index is 5.93. The van der Waals surface area contributed by atoms with Gasteiger partial charge in [0.1, 0.15) is 0 Å². The quantitative estimate of drug-likeness (QED) is 0.917. The van der Waals surface area contributed by atoms with Crippen LogP contribution in [-0.4, -0.2) is 28.9 Å². The van der Waals surface area contributed by atoms with Gasteiger partial charge in [0.05, 0.1) is 23.8 Å². The largest absolute Gasteiger partial charge is 0.369 e. The van der Waals surface area contributed by atoms with E-state index >= 15 is 0 Å². The minimum Gasteiger partial charge on any atom is -0.369 e. The Morgan fingerprint density at radius 3 is 2.47 bits per heavy atom. The van der Waals surface area contributed by atoms with Gasteiger partial charge >= 0.3 is 0 Å². The summed E-state index contributed by atoms with van der Waals surface area (Å²) in [4.78, 5) is 2.34.